The van der Waals surface area contributed by atoms with E-state index in [1.807, 2.05) is 24.3 Å². The third-order valence-corrected chi connectivity index (χ3v) is 6.72. The van der Waals surface area contributed by atoms with Crippen molar-refractivity contribution >= 4 is 23.2 Å². The topological polar surface area (TPSA) is 95.6 Å². The Bertz CT molecular complexity index is 1140. The number of anilines is 2. The Labute approximate surface area is 197 Å². The molecule has 0 saturated carbocycles. The third kappa shape index (κ3) is 3.27. The standard InChI is InChI=1S/C25H26N2O7/c1-30-16-7-5-15(6-8-16)27-13-25-10-9-17(34-25)20(21(25)24(27)29)23(28)26-14-11-18(31-2)22(33-4)19(12-14)32-3/h5-12,17,20-21H,13H2,1-4H3,(H,26,28). The molecular formula is C25H26N2O7. The molecule has 34 heavy (non-hydrogen) atoms. The third-order valence-electron chi connectivity index (χ3n) is 6.72. The Balaban J connectivity index is 1.41. The molecule has 9 nitrogen and oxygen atoms in total. The number of nitrogens with zero attached hydrogens (tertiary/aromatic N) is 1. The highest BCUT2D eigenvalue weighted by Crippen LogP contribution is 2.53. The Morgan fingerprint density at radius 1 is 1.03 bits per heavy atom. The van der Waals surface area contributed by atoms with E-state index in [9.17, 15) is 9.59 Å². The van der Waals surface area contributed by atoms with Gasteiger partial charge in [-0.3, -0.25) is 9.59 Å². The first-order valence-electron chi connectivity index (χ1n) is 10.9. The summed E-state index contributed by atoms with van der Waals surface area (Å²) in [6.45, 7) is 0.351. The number of ether oxygens (including phenoxy) is 5. The first-order chi connectivity index (χ1) is 16.4. The van der Waals surface area contributed by atoms with E-state index in [-0.39, 0.29) is 11.8 Å². The maximum Gasteiger partial charge on any atom is 0.234 e. The second-order valence-corrected chi connectivity index (χ2v) is 8.43. The van der Waals surface area contributed by atoms with Gasteiger partial charge >= 0.3 is 0 Å². The minimum Gasteiger partial charge on any atom is -0.497 e. The van der Waals surface area contributed by atoms with Gasteiger partial charge in [-0.2, -0.15) is 0 Å². The van der Waals surface area contributed by atoms with Crippen molar-refractivity contribution in [2.24, 2.45) is 11.8 Å². The first kappa shape index (κ1) is 22.1. The van der Waals surface area contributed by atoms with Crippen molar-refractivity contribution in [3.63, 3.8) is 0 Å². The second-order valence-electron chi connectivity index (χ2n) is 8.43. The van der Waals surface area contributed by atoms with Gasteiger partial charge in [0.1, 0.15) is 11.4 Å². The van der Waals surface area contributed by atoms with Crippen molar-refractivity contribution in [2.45, 2.75) is 11.7 Å². The minimum absolute atomic E-state index is 0.137. The summed E-state index contributed by atoms with van der Waals surface area (Å²) in [4.78, 5) is 28.6. The second kappa shape index (κ2) is 8.25. The molecule has 2 fully saturated rings. The van der Waals surface area contributed by atoms with Crippen LogP contribution in [-0.4, -0.2) is 58.5 Å². The number of hydrogen-bond acceptors (Lipinski definition) is 7. The van der Waals surface area contributed by atoms with Crippen LogP contribution in [0.25, 0.3) is 0 Å². The average molecular weight is 466 g/mol. The highest BCUT2D eigenvalue weighted by molar-refractivity contribution is 6.05. The van der Waals surface area contributed by atoms with Crippen LogP contribution in [0.2, 0.25) is 0 Å². The number of fused-ring (bicyclic) bond motifs is 1. The van der Waals surface area contributed by atoms with Gasteiger partial charge in [0.15, 0.2) is 11.5 Å². The first-order valence-corrected chi connectivity index (χ1v) is 10.9. The summed E-state index contributed by atoms with van der Waals surface area (Å²) >= 11 is 0. The van der Waals surface area contributed by atoms with Gasteiger partial charge in [0.2, 0.25) is 17.6 Å². The lowest BCUT2D eigenvalue weighted by Gasteiger charge is -2.24. The molecule has 178 valence electrons. The largest absolute Gasteiger partial charge is 0.497 e. The summed E-state index contributed by atoms with van der Waals surface area (Å²) in [5.74, 6) is 0.234. The van der Waals surface area contributed by atoms with E-state index >= 15 is 0 Å². The van der Waals surface area contributed by atoms with E-state index in [4.69, 9.17) is 23.7 Å². The smallest absolute Gasteiger partial charge is 0.234 e. The van der Waals surface area contributed by atoms with E-state index in [1.54, 1.807) is 36.3 Å². The van der Waals surface area contributed by atoms with Gasteiger partial charge in [-0.25, -0.2) is 0 Å². The zero-order valence-electron chi connectivity index (χ0n) is 19.4. The predicted octanol–water partition coefficient (Wildman–Crippen LogP) is 2.65. The SMILES string of the molecule is COc1ccc(N2CC34C=CC(O3)C(C(=O)Nc3cc(OC)c(OC)c(OC)c3)C4C2=O)cc1. The lowest BCUT2D eigenvalue weighted by molar-refractivity contribution is -0.128. The average Bonchev–Trinajstić information content (AvgIpc) is 3.51. The van der Waals surface area contributed by atoms with Crippen molar-refractivity contribution < 1.29 is 33.3 Å². The van der Waals surface area contributed by atoms with Crippen molar-refractivity contribution in [1.29, 1.82) is 0 Å². The van der Waals surface area contributed by atoms with Crippen LogP contribution in [0.3, 0.4) is 0 Å². The molecule has 0 aliphatic carbocycles. The van der Waals surface area contributed by atoms with Crippen molar-refractivity contribution in [2.75, 3.05) is 45.2 Å². The fourth-order valence-corrected chi connectivity index (χ4v) is 5.16. The Morgan fingerprint density at radius 3 is 2.29 bits per heavy atom. The van der Waals surface area contributed by atoms with Crippen LogP contribution in [-0.2, 0) is 14.3 Å². The Kier molecular flexibility index (Phi) is 5.36. The number of carbonyl (C=O) groups is 2. The van der Waals surface area contributed by atoms with Gasteiger partial charge in [0, 0.05) is 23.5 Å². The zero-order valence-corrected chi connectivity index (χ0v) is 19.4. The lowest BCUT2D eigenvalue weighted by atomic mass is 9.77. The monoisotopic (exact) mass is 466 g/mol. The van der Waals surface area contributed by atoms with E-state index in [2.05, 4.69) is 5.32 Å². The van der Waals surface area contributed by atoms with Gasteiger partial charge in [-0.05, 0) is 24.3 Å². The highest BCUT2D eigenvalue weighted by atomic mass is 16.5. The Hall–Kier alpha value is -3.72. The number of methoxy groups -OCH3 is 4. The molecule has 3 aliphatic rings. The van der Waals surface area contributed by atoms with Crippen molar-refractivity contribution in [1.82, 2.24) is 0 Å². The van der Waals surface area contributed by atoms with Crippen LogP contribution in [0, 0.1) is 11.8 Å². The number of nitrogens with one attached hydrogen (secondary N) is 1. The van der Waals surface area contributed by atoms with Gasteiger partial charge < -0.3 is 33.9 Å². The van der Waals surface area contributed by atoms with Crippen LogP contribution in [0.5, 0.6) is 23.0 Å². The highest BCUT2D eigenvalue weighted by Gasteiger charge is 2.67. The van der Waals surface area contributed by atoms with E-state index < -0.39 is 23.5 Å². The lowest BCUT2D eigenvalue weighted by Crippen LogP contribution is -2.41. The fourth-order valence-electron chi connectivity index (χ4n) is 5.16. The molecule has 2 aromatic carbocycles. The number of amides is 2. The molecule has 2 saturated heterocycles. The molecule has 2 bridgehead atoms. The number of carbonyl (C=O) groups excluding carboxylic acids is 2. The van der Waals surface area contributed by atoms with Gasteiger partial charge in [0.05, 0.1) is 52.9 Å². The van der Waals surface area contributed by atoms with Crippen LogP contribution in [0.4, 0.5) is 11.4 Å². The van der Waals surface area contributed by atoms with Crippen molar-refractivity contribution in [3.8, 4) is 23.0 Å². The molecule has 4 unspecified atom stereocenters. The molecule has 1 N–H and O–H groups in total. The van der Waals surface area contributed by atoms with Crippen LogP contribution < -0.4 is 29.2 Å². The summed E-state index contributed by atoms with van der Waals surface area (Å²) in [5.41, 5.74) is 0.385. The van der Waals surface area contributed by atoms with E-state index in [1.165, 1.54) is 21.3 Å². The summed E-state index contributed by atoms with van der Waals surface area (Å²) in [6, 6.07) is 10.6. The molecule has 9 heteroatoms. The number of rotatable bonds is 7. The van der Waals surface area contributed by atoms with Crippen molar-refractivity contribution in [3.05, 3.63) is 48.6 Å². The van der Waals surface area contributed by atoms with Crippen LogP contribution in [0.15, 0.2) is 48.6 Å². The fraction of sp³-hybridized carbons (Fsp3) is 0.360. The van der Waals surface area contributed by atoms with Crippen LogP contribution in [0.1, 0.15) is 0 Å². The molecule has 1 spiro atoms. The Morgan fingerprint density at radius 2 is 1.71 bits per heavy atom. The molecule has 5 rings (SSSR count). The minimum atomic E-state index is -0.820. The van der Waals surface area contributed by atoms with Gasteiger partial charge in [0.25, 0.3) is 0 Å². The molecule has 2 aromatic rings. The van der Waals surface area contributed by atoms with Gasteiger partial charge in [-0.1, -0.05) is 12.2 Å². The summed E-state index contributed by atoms with van der Waals surface area (Å²) in [7, 11) is 6.11. The summed E-state index contributed by atoms with van der Waals surface area (Å²) in [5, 5.41) is 2.91. The zero-order chi connectivity index (χ0) is 24.0. The summed E-state index contributed by atoms with van der Waals surface area (Å²) in [6.07, 6.45) is 3.34. The molecule has 3 aliphatic heterocycles. The molecule has 2 amide bonds. The number of hydrogen-bond donors (Lipinski definition) is 1. The van der Waals surface area contributed by atoms with Gasteiger partial charge in [-0.15, -0.1) is 0 Å². The normalized spacial score (nSPS) is 26.4. The maximum atomic E-state index is 13.5. The molecule has 3 heterocycles. The van der Waals surface area contributed by atoms with E-state index in [0.717, 1.165) is 5.69 Å². The van der Waals surface area contributed by atoms with Crippen LogP contribution >= 0.6 is 0 Å². The molecule has 0 radical (unpaired) electrons. The molecule has 4 atom stereocenters. The molecular weight excluding hydrogens is 440 g/mol. The molecule has 0 aromatic heterocycles. The number of benzene rings is 2. The predicted molar refractivity (Wildman–Crippen MR) is 124 cm³/mol. The summed E-state index contributed by atoms with van der Waals surface area (Å²) < 4.78 is 27.5. The van der Waals surface area contributed by atoms with E-state index in [0.29, 0.717) is 35.2 Å². The quantitative estimate of drug-likeness (QED) is 0.627. The maximum absolute atomic E-state index is 13.5.